The number of hydrogen-bond donors (Lipinski definition) is 1. The Morgan fingerprint density at radius 3 is 2.72 bits per heavy atom. The number of ether oxygens (including phenoxy) is 1. The number of benzene rings is 1. The Balaban J connectivity index is 1.80. The van der Waals surface area contributed by atoms with Gasteiger partial charge in [-0.15, -0.1) is 0 Å². The van der Waals surface area contributed by atoms with Gasteiger partial charge >= 0.3 is 12.5 Å². The third kappa shape index (κ3) is 3.73. The van der Waals surface area contributed by atoms with Crippen LogP contribution >= 0.6 is 0 Å². The Kier molecular flexibility index (Phi) is 4.90. The number of nitrogens with one attached hydrogen (secondary N) is 1. The molecule has 0 radical (unpaired) electrons. The summed E-state index contributed by atoms with van der Waals surface area (Å²) in [5.74, 6) is -0.992. The van der Waals surface area contributed by atoms with Gasteiger partial charge in [-0.1, -0.05) is 12.1 Å². The van der Waals surface area contributed by atoms with Crippen molar-refractivity contribution >= 4 is 5.91 Å². The van der Waals surface area contributed by atoms with Gasteiger partial charge in [0.25, 0.3) is 5.91 Å². The molecule has 2 saturated heterocycles. The van der Waals surface area contributed by atoms with Gasteiger partial charge in [0.05, 0.1) is 5.56 Å². The number of amides is 1. The Hall–Kier alpha value is -1.83. The largest absolute Gasteiger partial charge is 0.461 e. The molecule has 4 nitrogen and oxygen atoms in total. The maximum absolute atomic E-state index is 13.3. The average molecular weight is 360 g/mol. The summed E-state index contributed by atoms with van der Waals surface area (Å²) in [5.41, 5.74) is -0.109. The van der Waals surface area contributed by atoms with Crippen LogP contribution in [0.15, 0.2) is 24.3 Å². The standard InChI is InChI=1S/C17H20F4N2O2/c18-15(19)17(20,21)25-13-5-2-1-4-12(13)14(24)23-9-3-6-16(11-23)7-8-22-10-16/h1-2,4-5,15,22H,3,6-11H2/t16-/m1/s1. The Labute approximate surface area is 143 Å². The molecule has 0 bridgehead atoms. The minimum atomic E-state index is -4.64. The van der Waals surface area contributed by atoms with E-state index in [4.69, 9.17) is 0 Å². The summed E-state index contributed by atoms with van der Waals surface area (Å²) >= 11 is 0. The second-order valence-corrected chi connectivity index (χ2v) is 6.72. The van der Waals surface area contributed by atoms with Crippen molar-refractivity contribution in [2.45, 2.75) is 31.8 Å². The Bertz CT molecular complexity index is 633. The van der Waals surface area contributed by atoms with Crippen molar-refractivity contribution in [2.24, 2.45) is 5.41 Å². The van der Waals surface area contributed by atoms with Crippen LogP contribution in [-0.2, 0) is 0 Å². The third-order valence-corrected chi connectivity index (χ3v) is 4.90. The molecule has 1 aromatic carbocycles. The lowest BCUT2D eigenvalue weighted by atomic mass is 9.79. The predicted molar refractivity (Wildman–Crippen MR) is 83.1 cm³/mol. The summed E-state index contributed by atoms with van der Waals surface area (Å²) in [5, 5.41) is 3.29. The molecule has 1 spiro atoms. The van der Waals surface area contributed by atoms with Gasteiger partial charge in [0.2, 0.25) is 0 Å². The van der Waals surface area contributed by atoms with Crippen LogP contribution in [-0.4, -0.2) is 49.5 Å². The molecule has 3 rings (SSSR count). The van der Waals surface area contributed by atoms with Crippen molar-refractivity contribution in [1.82, 2.24) is 10.2 Å². The van der Waals surface area contributed by atoms with Crippen LogP contribution in [0.25, 0.3) is 0 Å². The SMILES string of the molecule is O=C(c1ccccc1OC(F)(F)C(F)F)N1CCC[C@]2(CCNC2)C1. The van der Waals surface area contributed by atoms with E-state index in [1.165, 1.54) is 18.2 Å². The number of hydrogen-bond acceptors (Lipinski definition) is 3. The first-order valence-electron chi connectivity index (χ1n) is 8.27. The van der Waals surface area contributed by atoms with Crippen LogP contribution in [0.5, 0.6) is 5.75 Å². The fourth-order valence-electron chi connectivity index (χ4n) is 3.62. The van der Waals surface area contributed by atoms with Crippen molar-refractivity contribution in [2.75, 3.05) is 26.2 Å². The van der Waals surface area contributed by atoms with Crippen LogP contribution in [0.1, 0.15) is 29.6 Å². The number of para-hydroxylation sites is 1. The molecular weight excluding hydrogens is 340 g/mol. The fraction of sp³-hybridized carbons (Fsp3) is 0.588. The monoisotopic (exact) mass is 360 g/mol. The third-order valence-electron chi connectivity index (χ3n) is 4.90. The molecule has 0 aliphatic carbocycles. The van der Waals surface area contributed by atoms with E-state index < -0.39 is 24.2 Å². The summed E-state index contributed by atoms with van der Waals surface area (Å²) in [7, 11) is 0. The van der Waals surface area contributed by atoms with E-state index in [9.17, 15) is 22.4 Å². The zero-order valence-electron chi connectivity index (χ0n) is 13.6. The van der Waals surface area contributed by atoms with Crippen LogP contribution in [0, 0.1) is 5.41 Å². The molecule has 2 aliphatic rings. The molecule has 0 saturated carbocycles. The molecule has 8 heteroatoms. The Morgan fingerprint density at radius 2 is 2.04 bits per heavy atom. The average Bonchev–Trinajstić information content (AvgIpc) is 3.02. The highest BCUT2D eigenvalue weighted by atomic mass is 19.3. The van der Waals surface area contributed by atoms with Gasteiger partial charge in [-0.2, -0.15) is 17.6 Å². The van der Waals surface area contributed by atoms with Crippen LogP contribution in [0.3, 0.4) is 0 Å². The number of piperidine rings is 1. The molecule has 1 amide bonds. The number of alkyl halides is 4. The first-order valence-corrected chi connectivity index (χ1v) is 8.27. The normalized spacial score (nSPS) is 24.1. The van der Waals surface area contributed by atoms with Crippen molar-refractivity contribution in [3.63, 3.8) is 0 Å². The highest BCUT2D eigenvalue weighted by molar-refractivity contribution is 5.97. The molecule has 1 atom stereocenters. The Morgan fingerprint density at radius 1 is 1.28 bits per heavy atom. The predicted octanol–water partition coefficient (Wildman–Crippen LogP) is 3.14. The van der Waals surface area contributed by atoms with Gasteiger partial charge in [0, 0.05) is 25.0 Å². The molecule has 0 aromatic heterocycles. The summed E-state index contributed by atoms with van der Waals surface area (Å²) in [6.07, 6.45) is -5.83. The van der Waals surface area contributed by atoms with Crippen LogP contribution in [0.2, 0.25) is 0 Å². The van der Waals surface area contributed by atoms with Gasteiger partial charge in [-0.05, 0) is 37.9 Å². The second-order valence-electron chi connectivity index (χ2n) is 6.72. The van der Waals surface area contributed by atoms with E-state index in [-0.39, 0.29) is 11.0 Å². The van der Waals surface area contributed by atoms with E-state index in [0.717, 1.165) is 38.4 Å². The fourth-order valence-corrected chi connectivity index (χ4v) is 3.62. The molecule has 0 unspecified atom stereocenters. The van der Waals surface area contributed by atoms with E-state index in [0.29, 0.717) is 13.1 Å². The number of nitrogens with zero attached hydrogens (tertiary/aromatic N) is 1. The zero-order valence-corrected chi connectivity index (χ0v) is 13.6. The maximum Gasteiger partial charge on any atom is 0.461 e. The molecular formula is C17H20F4N2O2. The van der Waals surface area contributed by atoms with Crippen molar-refractivity contribution in [1.29, 1.82) is 0 Å². The molecule has 2 fully saturated rings. The quantitative estimate of drug-likeness (QED) is 0.839. The molecule has 2 heterocycles. The van der Waals surface area contributed by atoms with Crippen molar-refractivity contribution in [3.05, 3.63) is 29.8 Å². The number of halogens is 4. The number of carbonyl (C=O) groups is 1. The highest BCUT2D eigenvalue weighted by Crippen LogP contribution is 2.37. The zero-order chi connectivity index (χ0) is 18.1. The number of carbonyl (C=O) groups excluding carboxylic acids is 1. The van der Waals surface area contributed by atoms with E-state index >= 15 is 0 Å². The first kappa shape index (κ1) is 18.0. The minimum Gasteiger partial charge on any atom is -0.427 e. The lowest BCUT2D eigenvalue weighted by Gasteiger charge is -2.40. The topological polar surface area (TPSA) is 41.6 Å². The van der Waals surface area contributed by atoms with E-state index in [1.54, 1.807) is 4.90 Å². The molecule has 1 aromatic rings. The molecule has 25 heavy (non-hydrogen) atoms. The van der Waals surface area contributed by atoms with Gasteiger partial charge in [-0.3, -0.25) is 4.79 Å². The van der Waals surface area contributed by atoms with Gasteiger partial charge in [0.15, 0.2) is 0 Å². The highest BCUT2D eigenvalue weighted by Gasteiger charge is 2.45. The van der Waals surface area contributed by atoms with Crippen LogP contribution in [0.4, 0.5) is 17.6 Å². The number of likely N-dealkylation sites (tertiary alicyclic amines) is 1. The molecule has 138 valence electrons. The summed E-state index contributed by atoms with van der Waals surface area (Å²) in [6, 6.07) is 5.30. The first-order chi connectivity index (χ1) is 11.8. The van der Waals surface area contributed by atoms with Crippen LogP contribution < -0.4 is 10.1 Å². The van der Waals surface area contributed by atoms with Crippen molar-refractivity contribution < 1.29 is 27.1 Å². The number of rotatable bonds is 4. The van der Waals surface area contributed by atoms with Crippen molar-refractivity contribution in [3.8, 4) is 5.75 Å². The smallest absolute Gasteiger partial charge is 0.427 e. The van der Waals surface area contributed by atoms with E-state index in [1.807, 2.05) is 0 Å². The van der Waals surface area contributed by atoms with Gasteiger partial charge < -0.3 is 15.0 Å². The summed E-state index contributed by atoms with van der Waals surface area (Å²) < 4.78 is 55.5. The molecule has 2 aliphatic heterocycles. The summed E-state index contributed by atoms with van der Waals surface area (Å²) in [4.78, 5) is 14.4. The lowest BCUT2D eigenvalue weighted by Crippen LogP contribution is -2.47. The lowest BCUT2D eigenvalue weighted by molar-refractivity contribution is -0.253. The van der Waals surface area contributed by atoms with Gasteiger partial charge in [0.1, 0.15) is 5.75 Å². The van der Waals surface area contributed by atoms with E-state index in [2.05, 4.69) is 10.1 Å². The maximum atomic E-state index is 13.3. The minimum absolute atomic E-state index is 0.0105. The molecule has 1 N–H and O–H groups in total. The summed E-state index contributed by atoms with van der Waals surface area (Å²) in [6.45, 7) is 2.75. The second kappa shape index (κ2) is 6.82. The van der Waals surface area contributed by atoms with Gasteiger partial charge in [-0.25, -0.2) is 0 Å².